The lowest BCUT2D eigenvalue weighted by molar-refractivity contribution is 0.0734. The van der Waals surface area contributed by atoms with Crippen molar-refractivity contribution in [3.8, 4) is 0 Å². The van der Waals surface area contributed by atoms with E-state index >= 15 is 0 Å². The highest BCUT2D eigenvalue weighted by molar-refractivity contribution is 7.17. The third kappa shape index (κ3) is 2.16. The van der Waals surface area contributed by atoms with Crippen LogP contribution in [0.3, 0.4) is 0 Å². The Morgan fingerprint density at radius 3 is 2.69 bits per heavy atom. The number of hydrogen-bond donors (Lipinski definition) is 1. The predicted octanol–water partition coefficient (Wildman–Crippen LogP) is 1.59. The molecule has 1 heterocycles. The molecule has 1 amide bonds. The Labute approximate surface area is 98.9 Å². The van der Waals surface area contributed by atoms with Crippen molar-refractivity contribution in [1.82, 2.24) is 15.1 Å². The van der Waals surface area contributed by atoms with E-state index in [1.165, 1.54) is 24.2 Å². The van der Waals surface area contributed by atoms with Gasteiger partial charge in [-0.2, -0.15) is 0 Å². The quantitative estimate of drug-likeness (QED) is 0.871. The maximum atomic E-state index is 12.1. The van der Waals surface area contributed by atoms with Gasteiger partial charge < -0.3 is 10.2 Å². The number of rotatable bonds is 3. The lowest BCUT2D eigenvalue weighted by atomic mass is 10.2. The van der Waals surface area contributed by atoms with E-state index in [2.05, 4.69) is 15.5 Å². The van der Waals surface area contributed by atoms with Crippen LogP contribution in [0, 0.1) is 0 Å². The van der Waals surface area contributed by atoms with E-state index in [-0.39, 0.29) is 5.91 Å². The second kappa shape index (κ2) is 4.78. The van der Waals surface area contributed by atoms with Crippen LogP contribution in [0.25, 0.3) is 0 Å². The van der Waals surface area contributed by atoms with Crippen LogP contribution in [0.2, 0.25) is 0 Å². The van der Waals surface area contributed by atoms with Gasteiger partial charge in [0.15, 0.2) is 0 Å². The van der Waals surface area contributed by atoms with Gasteiger partial charge in [0, 0.05) is 20.1 Å². The molecule has 0 bridgehead atoms. The summed E-state index contributed by atoms with van der Waals surface area (Å²) < 4.78 is 0. The Morgan fingerprint density at radius 1 is 1.44 bits per heavy atom. The van der Waals surface area contributed by atoms with Crippen LogP contribution in [-0.4, -0.2) is 41.1 Å². The van der Waals surface area contributed by atoms with Gasteiger partial charge in [-0.15, -0.1) is 10.2 Å². The molecule has 1 N–H and O–H groups in total. The Hall–Kier alpha value is -1.17. The Kier molecular flexibility index (Phi) is 3.38. The van der Waals surface area contributed by atoms with Crippen molar-refractivity contribution in [2.24, 2.45) is 0 Å². The summed E-state index contributed by atoms with van der Waals surface area (Å²) in [4.78, 5) is 13.9. The lowest BCUT2D eigenvalue weighted by Gasteiger charge is -2.22. The molecule has 1 aromatic heterocycles. The van der Waals surface area contributed by atoms with Gasteiger partial charge in [0.25, 0.3) is 5.91 Å². The average Bonchev–Trinajstić information content (AvgIpc) is 2.97. The second-order valence-electron chi connectivity index (χ2n) is 4.02. The van der Waals surface area contributed by atoms with Gasteiger partial charge in [-0.1, -0.05) is 24.2 Å². The molecule has 1 saturated carbocycles. The van der Waals surface area contributed by atoms with Crippen molar-refractivity contribution in [2.45, 2.75) is 31.7 Å². The summed E-state index contributed by atoms with van der Waals surface area (Å²) in [7, 11) is 3.63. The molecule has 0 aliphatic heterocycles. The molecule has 5 nitrogen and oxygen atoms in total. The highest BCUT2D eigenvalue weighted by Gasteiger charge is 2.26. The Morgan fingerprint density at radius 2 is 2.12 bits per heavy atom. The molecule has 1 aromatic rings. The Balaban J connectivity index is 2.05. The molecule has 2 rings (SSSR count). The molecule has 6 heteroatoms. The highest BCUT2D eigenvalue weighted by Crippen LogP contribution is 2.24. The molecule has 0 spiro atoms. The van der Waals surface area contributed by atoms with Crippen LogP contribution in [0.5, 0.6) is 0 Å². The van der Waals surface area contributed by atoms with Gasteiger partial charge in [0.1, 0.15) is 0 Å². The number of nitrogens with zero attached hydrogens (tertiary/aromatic N) is 3. The number of hydrogen-bond acceptors (Lipinski definition) is 5. The fourth-order valence-corrected chi connectivity index (χ4v) is 2.70. The van der Waals surface area contributed by atoms with E-state index in [1.807, 2.05) is 11.9 Å². The first kappa shape index (κ1) is 11.3. The molecule has 16 heavy (non-hydrogen) atoms. The molecule has 0 unspecified atom stereocenters. The topological polar surface area (TPSA) is 58.1 Å². The molecule has 0 radical (unpaired) electrons. The van der Waals surface area contributed by atoms with E-state index in [4.69, 9.17) is 0 Å². The zero-order chi connectivity index (χ0) is 11.5. The minimum atomic E-state index is -0.00843. The van der Waals surface area contributed by atoms with Crippen molar-refractivity contribution in [3.63, 3.8) is 0 Å². The first-order valence-corrected chi connectivity index (χ1v) is 6.32. The first-order chi connectivity index (χ1) is 7.72. The third-order valence-electron chi connectivity index (χ3n) is 3.01. The second-order valence-corrected chi connectivity index (χ2v) is 4.99. The minimum Gasteiger partial charge on any atom is -0.363 e. The standard InChI is InChI=1S/C10H16N4OS/c1-11-10-13-12-8(16-10)9(15)14(2)7-5-3-4-6-7/h7H,3-6H2,1-2H3,(H,11,13). The van der Waals surface area contributed by atoms with Crippen molar-refractivity contribution < 1.29 is 4.79 Å². The van der Waals surface area contributed by atoms with Gasteiger partial charge in [-0.05, 0) is 12.8 Å². The van der Waals surface area contributed by atoms with Gasteiger partial charge >= 0.3 is 0 Å². The molecule has 1 aliphatic carbocycles. The molecular weight excluding hydrogens is 224 g/mol. The molecular formula is C10H16N4OS. The van der Waals surface area contributed by atoms with E-state index in [0.717, 1.165) is 12.8 Å². The summed E-state index contributed by atoms with van der Waals surface area (Å²) in [5, 5.41) is 11.8. The number of carbonyl (C=O) groups excluding carboxylic acids is 1. The fourth-order valence-electron chi connectivity index (χ4n) is 2.02. The summed E-state index contributed by atoms with van der Waals surface area (Å²) in [6, 6.07) is 0.384. The molecule has 0 saturated heterocycles. The van der Waals surface area contributed by atoms with Gasteiger partial charge in [-0.3, -0.25) is 4.79 Å². The zero-order valence-electron chi connectivity index (χ0n) is 9.56. The van der Waals surface area contributed by atoms with Gasteiger partial charge in [0.2, 0.25) is 10.1 Å². The van der Waals surface area contributed by atoms with Crippen LogP contribution >= 0.6 is 11.3 Å². The molecule has 0 aromatic carbocycles. The normalized spacial score (nSPS) is 16.4. The van der Waals surface area contributed by atoms with E-state index in [9.17, 15) is 4.79 Å². The average molecular weight is 240 g/mol. The molecule has 88 valence electrons. The van der Waals surface area contributed by atoms with E-state index in [1.54, 1.807) is 7.05 Å². The third-order valence-corrected chi connectivity index (χ3v) is 3.94. The molecule has 0 atom stereocenters. The molecule has 1 fully saturated rings. The summed E-state index contributed by atoms with van der Waals surface area (Å²) in [6.07, 6.45) is 4.67. The SMILES string of the molecule is CNc1nnc(C(=O)N(C)C2CCCC2)s1. The van der Waals surface area contributed by atoms with Crippen LogP contribution in [0.15, 0.2) is 0 Å². The summed E-state index contributed by atoms with van der Waals surface area (Å²) in [5.74, 6) is -0.00843. The van der Waals surface area contributed by atoms with E-state index < -0.39 is 0 Å². The maximum Gasteiger partial charge on any atom is 0.284 e. The van der Waals surface area contributed by atoms with Crippen molar-refractivity contribution in [1.29, 1.82) is 0 Å². The van der Waals surface area contributed by atoms with Crippen molar-refractivity contribution in [3.05, 3.63) is 5.01 Å². The summed E-state index contributed by atoms with van der Waals surface area (Å²) in [5.41, 5.74) is 0. The number of aromatic nitrogens is 2. The van der Waals surface area contributed by atoms with Crippen LogP contribution in [-0.2, 0) is 0 Å². The summed E-state index contributed by atoms with van der Waals surface area (Å²) in [6.45, 7) is 0. The fraction of sp³-hybridized carbons (Fsp3) is 0.700. The number of nitrogens with one attached hydrogen (secondary N) is 1. The first-order valence-electron chi connectivity index (χ1n) is 5.51. The number of anilines is 1. The van der Waals surface area contributed by atoms with Gasteiger partial charge in [-0.25, -0.2) is 0 Å². The van der Waals surface area contributed by atoms with E-state index in [0.29, 0.717) is 16.2 Å². The lowest BCUT2D eigenvalue weighted by Crippen LogP contribution is -2.35. The van der Waals surface area contributed by atoms with Crippen LogP contribution < -0.4 is 5.32 Å². The summed E-state index contributed by atoms with van der Waals surface area (Å²) >= 11 is 1.30. The minimum absolute atomic E-state index is 0.00843. The smallest absolute Gasteiger partial charge is 0.284 e. The number of carbonyl (C=O) groups is 1. The highest BCUT2D eigenvalue weighted by atomic mass is 32.1. The zero-order valence-corrected chi connectivity index (χ0v) is 10.4. The maximum absolute atomic E-state index is 12.1. The van der Waals surface area contributed by atoms with Crippen molar-refractivity contribution in [2.75, 3.05) is 19.4 Å². The monoisotopic (exact) mass is 240 g/mol. The number of amides is 1. The van der Waals surface area contributed by atoms with Crippen LogP contribution in [0.1, 0.15) is 35.5 Å². The predicted molar refractivity (Wildman–Crippen MR) is 63.8 cm³/mol. The molecule has 1 aliphatic rings. The largest absolute Gasteiger partial charge is 0.363 e. The van der Waals surface area contributed by atoms with Crippen molar-refractivity contribution >= 4 is 22.4 Å². The Bertz CT molecular complexity index is 373. The van der Waals surface area contributed by atoms with Crippen LogP contribution in [0.4, 0.5) is 5.13 Å². The van der Waals surface area contributed by atoms with Gasteiger partial charge in [0.05, 0.1) is 0 Å².